The van der Waals surface area contributed by atoms with Gasteiger partial charge in [0, 0.05) is 31.5 Å². The first-order chi connectivity index (χ1) is 13.6. The van der Waals surface area contributed by atoms with Crippen molar-refractivity contribution in [2.75, 3.05) is 26.3 Å². The minimum absolute atomic E-state index is 0.119. The Labute approximate surface area is 165 Å². The summed E-state index contributed by atoms with van der Waals surface area (Å²) in [5.74, 6) is 2.90. The van der Waals surface area contributed by atoms with Gasteiger partial charge in [0.15, 0.2) is 11.8 Å². The molecule has 1 aliphatic heterocycles. The van der Waals surface area contributed by atoms with E-state index in [-0.39, 0.29) is 6.10 Å². The number of aromatic nitrogens is 2. The lowest BCUT2D eigenvalue weighted by atomic mass is 10.1. The molecule has 1 unspecified atom stereocenters. The fraction of sp³-hybridized carbons (Fsp3) is 0.550. The number of hydrogen-bond acceptors (Lipinski definition) is 6. The van der Waals surface area contributed by atoms with Crippen LogP contribution in [-0.4, -0.2) is 48.5 Å². The minimum Gasteiger partial charge on any atom is -0.488 e. The maximum atomic E-state index is 6.16. The van der Waals surface area contributed by atoms with Crippen molar-refractivity contribution >= 4 is 5.96 Å². The van der Waals surface area contributed by atoms with Crippen molar-refractivity contribution in [3.05, 3.63) is 41.0 Å². The molecule has 1 aliphatic rings. The molecule has 1 aromatic heterocycles. The highest BCUT2D eigenvalue weighted by atomic mass is 16.5. The van der Waals surface area contributed by atoms with Gasteiger partial charge in [-0.2, -0.15) is 4.98 Å². The van der Waals surface area contributed by atoms with Crippen LogP contribution < -0.4 is 15.4 Å². The molecule has 2 N–H and O–H groups in total. The molecule has 0 spiro atoms. The van der Waals surface area contributed by atoms with Crippen LogP contribution in [0, 0.1) is 13.8 Å². The van der Waals surface area contributed by atoms with Crippen molar-refractivity contribution in [3.63, 3.8) is 0 Å². The van der Waals surface area contributed by atoms with E-state index in [2.05, 4.69) is 45.9 Å². The Balaban J connectivity index is 1.61. The molecule has 3 rings (SSSR count). The van der Waals surface area contributed by atoms with Crippen LogP contribution >= 0.6 is 0 Å². The second kappa shape index (κ2) is 10.1. The van der Waals surface area contributed by atoms with Crippen LogP contribution in [0.3, 0.4) is 0 Å². The van der Waals surface area contributed by atoms with Crippen molar-refractivity contribution in [1.29, 1.82) is 0 Å². The van der Waals surface area contributed by atoms with E-state index in [0.29, 0.717) is 37.8 Å². The Morgan fingerprint density at radius 1 is 1.32 bits per heavy atom. The molecule has 2 heterocycles. The summed E-state index contributed by atoms with van der Waals surface area (Å²) in [5, 5.41) is 10.4. The molecule has 28 heavy (non-hydrogen) atoms. The van der Waals surface area contributed by atoms with Crippen molar-refractivity contribution in [2.45, 2.75) is 46.3 Å². The largest absolute Gasteiger partial charge is 0.488 e. The predicted octanol–water partition coefficient (Wildman–Crippen LogP) is 2.15. The van der Waals surface area contributed by atoms with Gasteiger partial charge in [-0.1, -0.05) is 17.3 Å². The SMILES string of the molecule is CCNC(=NCc1ccc(C)cc1OC1CCOC1)NCCc1nc(C)no1. The number of benzene rings is 1. The third-order valence-corrected chi connectivity index (χ3v) is 4.36. The van der Waals surface area contributed by atoms with Crippen LogP contribution in [0.15, 0.2) is 27.7 Å². The third-order valence-electron chi connectivity index (χ3n) is 4.36. The highest BCUT2D eigenvalue weighted by Crippen LogP contribution is 2.24. The number of nitrogens with one attached hydrogen (secondary N) is 2. The van der Waals surface area contributed by atoms with E-state index in [4.69, 9.17) is 19.0 Å². The second-order valence-corrected chi connectivity index (χ2v) is 6.82. The summed E-state index contributed by atoms with van der Waals surface area (Å²) in [6, 6.07) is 6.23. The zero-order chi connectivity index (χ0) is 19.8. The lowest BCUT2D eigenvalue weighted by Gasteiger charge is -2.16. The second-order valence-electron chi connectivity index (χ2n) is 6.82. The number of guanidine groups is 1. The normalized spacial score (nSPS) is 17.0. The average Bonchev–Trinajstić information content (AvgIpc) is 3.32. The van der Waals surface area contributed by atoms with E-state index in [1.54, 1.807) is 0 Å². The number of nitrogens with zero attached hydrogens (tertiary/aromatic N) is 3. The molecule has 1 fully saturated rings. The van der Waals surface area contributed by atoms with Gasteiger partial charge in [-0.05, 0) is 32.4 Å². The number of aliphatic imine (C=N–C) groups is 1. The minimum atomic E-state index is 0.119. The Morgan fingerprint density at radius 3 is 2.93 bits per heavy atom. The van der Waals surface area contributed by atoms with Crippen molar-refractivity contribution in [3.8, 4) is 5.75 Å². The smallest absolute Gasteiger partial charge is 0.228 e. The van der Waals surface area contributed by atoms with Crippen molar-refractivity contribution in [2.24, 2.45) is 4.99 Å². The Morgan fingerprint density at radius 2 is 2.21 bits per heavy atom. The number of aryl methyl sites for hydroxylation is 2. The summed E-state index contributed by atoms with van der Waals surface area (Å²) < 4.78 is 16.7. The molecule has 0 aliphatic carbocycles. The van der Waals surface area contributed by atoms with Crippen molar-refractivity contribution in [1.82, 2.24) is 20.8 Å². The molecular weight excluding hydrogens is 358 g/mol. The zero-order valence-corrected chi connectivity index (χ0v) is 16.8. The van der Waals surface area contributed by atoms with E-state index in [1.165, 1.54) is 5.56 Å². The molecule has 0 bridgehead atoms. The molecule has 0 amide bonds. The summed E-state index contributed by atoms with van der Waals surface area (Å²) in [4.78, 5) is 8.91. The van der Waals surface area contributed by atoms with Gasteiger partial charge in [0.25, 0.3) is 0 Å². The summed E-state index contributed by atoms with van der Waals surface area (Å²) >= 11 is 0. The molecule has 152 valence electrons. The maximum Gasteiger partial charge on any atom is 0.228 e. The monoisotopic (exact) mass is 387 g/mol. The van der Waals surface area contributed by atoms with Gasteiger partial charge >= 0.3 is 0 Å². The third kappa shape index (κ3) is 5.95. The zero-order valence-electron chi connectivity index (χ0n) is 16.8. The molecule has 1 atom stereocenters. The highest BCUT2D eigenvalue weighted by Gasteiger charge is 2.18. The Bertz CT molecular complexity index is 784. The highest BCUT2D eigenvalue weighted by molar-refractivity contribution is 5.79. The van der Waals surface area contributed by atoms with Gasteiger partial charge < -0.3 is 24.6 Å². The number of hydrogen-bond donors (Lipinski definition) is 2. The molecule has 1 saturated heterocycles. The van der Waals surface area contributed by atoms with Crippen LogP contribution in [0.5, 0.6) is 5.75 Å². The summed E-state index contributed by atoms with van der Waals surface area (Å²) in [6.45, 7) is 9.29. The van der Waals surface area contributed by atoms with E-state index >= 15 is 0 Å². The van der Waals surface area contributed by atoms with E-state index in [0.717, 1.165) is 36.8 Å². The summed E-state index contributed by atoms with van der Waals surface area (Å²) in [5.41, 5.74) is 2.23. The summed E-state index contributed by atoms with van der Waals surface area (Å²) in [6.07, 6.45) is 1.69. The average molecular weight is 387 g/mol. The van der Waals surface area contributed by atoms with Crippen LogP contribution in [0.1, 0.15) is 36.2 Å². The first-order valence-electron chi connectivity index (χ1n) is 9.79. The quantitative estimate of drug-likeness (QED) is 0.529. The van der Waals surface area contributed by atoms with Crippen LogP contribution in [0.4, 0.5) is 0 Å². The molecule has 8 heteroatoms. The van der Waals surface area contributed by atoms with E-state index in [1.807, 2.05) is 13.8 Å². The van der Waals surface area contributed by atoms with Crippen LogP contribution in [0.25, 0.3) is 0 Å². The number of ether oxygens (including phenoxy) is 2. The fourth-order valence-corrected chi connectivity index (χ4v) is 2.92. The molecule has 0 radical (unpaired) electrons. The van der Waals surface area contributed by atoms with Gasteiger partial charge in [0.2, 0.25) is 5.89 Å². The lowest BCUT2D eigenvalue weighted by Crippen LogP contribution is -2.38. The van der Waals surface area contributed by atoms with Gasteiger partial charge in [-0.3, -0.25) is 0 Å². The Kier molecular flexibility index (Phi) is 7.25. The van der Waals surface area contributed by atoms with Gasteiger partial charge in [0.05, 0.1) is 19.8 Å². The molecule has 2 aromatic rings. The standard InChI is InChI=1S/C20H29N5O3/c1-4-21-20(22-9-7-19-24-15(3)25-28-19)23-12-16-6-5-14(2)11-18(16)27-17-8-10-26-13-17/h5-6,11,17H,4,7-10,12-13H2,1-3H3,(H2,21,22,23). The number of rotatable bonds is 8. The van der Waals surface area contributed by atoms with Gasteiger partial charge in [-0.25, -0.2) is 4.99 Å². The van der Waals surface area contributed by atoms with E-state index in [9.17, 15) is 0 Å². The van der Waals surface area contributed by atoms with E-state index < -0.39 is 0 Å². The van der Waals surface area contributed by atoms with Crippen molar-refractivity contribution < 1.29 is 14.0 Å². The molecule has 0 saturated carbocycles. The topological polar surface area (TPSA) is 93.8 Å². The maximum absolute atomic E-state index is 6.16. The van der Waals surface area contributed by atoms with Crippen LogP contribution in [-0.2, 0) is 17.7 Å². The first kappa shape index (κ1) is 20.1. The van der Waals surface area contributed by atoms with Gasteiger partial charge in [0.1, 0.15) is 11.9 Å². The first-order valence-corrected chi connectivity index (χ1v) is 9.79. The Hall–Kier alpha value is -2.61. The molecular formula is C20H29N5O3. The van der Waals surface area contributed by atoms with Crippen LogP contribution in [0.2, 0.25) is 0 Å². The van der Waals surface area contributed by atoms with Gasteiger partial charge in [-0.15, -0.1) is 0 Å². The molecule has 8 nitrogen and oxygen atoms in total. The lowest BCUT2D eigenvalue weighted by molar-refractivity contribution is 0.140. The fourth-order valence-electron chi connectivity index (χ4n) is 2.92. The predicted molar refractivity (Wildman–Crippen MR) is 107 cm³/mol. The molecule has 1 aromatic carbocycles. The summed E-state index contributed by atoms with van der Waals surface area (Å²) in [7, 11) is 0.